The molecule has 0 amide bonds. The van der Waals surface area contributed by atoms with Gasteiger partial charge in [0.15, 0.2) is 0 Å². The summed E-state index contributed by atoms with van der Waals surface area (Å²) in [5.74, 6) is 0. The van der Waals surface area contributed by atoms with Crippen molar-refractivity contribution in [3.63, 3.8) is 0 Å². The third-order valence-electron chi connectivity index (χ3n) is 7.69. The zero-order chi connectivity index (χ0) is 23.0. The van der Waals surface area contributed by atoms with Gasteiger partial charge in [0.2, 0.25) is 0 Å². The largest absolute Gasteiger partial charge is 0.304 e. The first kappa shape index (κ1) is 31.0. The summed E-state index contributed by atoms with van der Waals surface area (Å²) >= 11 is 0. The molecule has 188 valence electrons. The lowest BCUT2D eigenvalue weighted by Crippen LogP contribution is -2.44. The van der Waals surface area contributed by atoms with Gasteiger partial charge in [0, 0.05) is 5.54 Å². The predicted molar refractivity (Wildman–Crippen MR) is 144 cm³/mol. The second-order valence-corrected chi connectivity index (χ2v) is 10.7. The van der Waals surface area contributed by atoms with Crippen molar-refractivity contribution in [2.45, 2.75) is 180 Å². The van der Waals surface area contributed by atoms with Crippen molar-refractivity contribution in [3.05, 3.63) is 0 Å². The fraction of sp³-hybridized carbons (Fsp3) is 1.00. The Kier molecular flexibility index (Phi) is 23.1. The highest BCUT2D eigenvalue weighted by molar-refractivity contribution is 4.88. The summed E-state index contributed by atoms with van der Waals surface area (Å²) in [7, 11) is 4.75. The third kappa shape index (κ3) is 18.1. The Morgan fingerprint density at radius 3 is 0.806 bits per heavy atom. The van der Waals surface area contributed by atoms with E-state index in [0.717, 1.165) is 0 Å². The fourth-order valence-corrected chi connectivity index (χ4v) is 5.28. The average Bonchev–Trinajstić information content (AvgIpc) is 2.76. The van der Waals surface area contributed by atoms with Crippen molar-refractivity contribution in [2.24, 2.45) is 0 Å². The lowest BCUT2D eigenvalue weighted by Gasteiger charge is -2.41. The number of hydrogen-bond acceptors (Lipinski definition) is 1. The van der Waals surface area contributed by atoms with Crippen LogP contribution in [-0.2, 0) is 0 Å². The molecule has 0 heterocycles. The van der Waals surface area contributed by atoms with Crippen LogP contribution in [0.15, 0.2) is 0 Å². The van der Waals surface area contributed by atoms with Gasteiger partial charge in [-0.3, -0.25) is 0 Å². The van der Waals surface area contributed by atoms with E-state index >= 15 is 0 Å². The molecule has 0 unspecified atom stereocenters. The minimum Gasteiger partial charge on any atom is -0.304 e. The topological polar surface area (TPSA) is 3.24 Å². The van der Waals surface area contributed by atoms with E-state index in [2.05, 4.69) is 39.8 Å². The molecule has 0 aliphatic heterocycles. The van der Waals surface area contributed by atoms with Crippen LogP contribution >= 0.6 is 0 Å². The molecule has 0 bridgehead atoms. The predicted octanol–water partition coefficient (Wildman–Crippen LogP) is 10.7. The minimum atomic E-state index is 0.469. The Bertz CT molecular complexity index is 319. The summed E-state index contributed by atoms with van der Waals surface area (Å²) in [4.78, 5) is 2.63. The van der Waals surface area contributed by atoms with Crippen LogP contribution in [0.4, 0.5) is 0 Å². The summed E-state index contributed by atoms with van der Waals surface area (Å²) in [6.07, 6.45) is 34.4. The van der Waals surface area contributed by atoms with Gasteiger partial charge in [-0.05, 0) is 33.4 Å². The molecule has 0 spiro atoms. The number of nitrogens with zero attached hydrogens (tertiary/aromatic N) is 1. The van der Waals surface area contributed by atoms with Gasteiger partial charge in [-0.25, -0.2) is 0 Å². The maximum absolute atomic E-state index is 2.63. The van der Waals surface area contributed by atoms with E-state index < -0.39 is 0 Å². The average molecular weight is 438 g/mol. The fourth-order valence-electron chi connectivity index (χ4n) is 5.28. The van der Waals surface area contributed by atoms with Crippen LogP contribution in [-0.4, -0.2) is 24.5 Å². The molecule has 0 aromatic carbocycles. The maximum atomic E-state index is 2.63. The third-order valence-corrected chi connectivity index (χ3v) is 7.69. The summed E-state index contributed by atoms with van der Waals surface area (Å²) in [6.45, 7) is 6.96. The number of unbranched alkanes of at least 4 members (excludes halogenated alkanes) is 18. The molecule has 0 aromatic heterocycles. The normalized spacial score (nSPS) is 12.2. The van der Waals surface area contributed by atoms with E-state index in [-0.39, 0.29) is 0 Å². The summed E-state index contributed by atoms with van der Waals surface area (Å²) in [5, 5.41) is 0. The second kappa shape index (κ2) is 23.1. The first-order valence-electron chi connectivity index (χ1n) is 14.8. The molecule has 31 heavy (non-hydrogen) atoms. The maximum Gasteiger partial charge on any atom is 0.0203 e. The van der Waals surface area contributed by atoms with Crippen LogP contribution in [0.2, 0.25) is 0 Å². The van der Waals surface area contributed by atoms with Crippen LogP contribution in [0.1, 0.15) is 175 Å². The van der Waals surface area contributed by atoms with E-state index in [1.54, 1.807) is 0 Å². The molecule has 0 saturated carbocycles. The molecule has 0 aliphatic rings. The van der Waals surface area contributed by atoms with Crippen LogP contribution < -0.4 is 0 Å². The molecule has 0 atom stereocenters. The van der Waals surface area contributed by atoms with Crippen LogP contribution in [0, 0.1) is 0 Å². The van der Waals surface area contributed by atoms with Crippen molar-refractivity contribution < 1.29 is 0 Å². The highest BCUT2D eigenvalue weighted by atomic mass is 15.1. The molecule has 0 radical (unpaired) electrons. The Balaban J connectivity index is 4.38. The van der Waals surface area contributed by atoms with Crippen molar-refractivity contribution in [1.29, 1.82) is 0 Å². The van der Waals surface area contributed by atoms with Gasteiger partial charge >= 0.3 is 0 Å². The van der Waals surface area contributed by atoms with E-state index in [0.29, 0.717) is 5.54 Å². The van der Waals surface area contributed by atoms with Crippen molar-refractivity contribution in [1.82, 2.24) is 4.90 Å². The zero-order valence-corrected chi connectivity index (χ0v) is 22.9. The first-order valence-corrected chi connectivity index (χ1v) is 14.8. The number of hydrogen-bond donors (Lipinski definition) is 0. The molecule has 0 aliphatic carbocycles. The van der Waals surface area contributed by atoms with E-state index in [4.69, 9.17) is 0 Å². The molecule has 1 nitrogen and oxygen atoms in total. The molecule has 0 rings (SSSR count). The summed E-state index contributed by atoms with van der Waals surface area (Å²) in [5.41, 5.74) is 0.469. The highest BCUT2D eigenvalue weighted by Crippen LogP contribution is 2.33. The number of rotatable bonds is 25. The van der Waals surface area contributed by atoms with E-state index in [1.807, 2.05) is 0 Å². The minimum absolute atomic E-state index is 0.469. The first-order chi connectivity index (χ1) is 15.1. The van der Waals surface area contributed by atoms with Gasteiger partial charge in [0.1, 0.15) is 0 Å². The van der Waals surface area contributed by atoms with Crippen molar-refractivity contribution in [3.8, 4) is 0 Å². The molecule has 0 fully saturated rings. The van der Waals surface area contributed by atoms with Gasteiger partial charge < -0.3 is 4.90 Å². The zero-order valence-electron chi connectivity index (χ0n) is 22.9. The molecule has 0 aromatic rings. The van der Waals surface area contributed by atoms with Gasteiger partial charge in [0.05, 0.1) is 0 Å². The Hall–Kier alpha value is -0.0400. The van der Waals surface area contributed by atoms with Gasteiger partial charge in [-0.1, -0.05) is 156 Å². The van der Waals surface area contributed by atoms with Crippen molar-refractivity contribution >= 4 is 0 Å². The van der Waals surface area contributed by atoms with Crippen LogP contribution in [0.3, 0.4) is 0 Å². The standard InChI is InChI=1S/C30H63N/c1-6-9-12-15-18-19-20-23-26-29-30(31(4)5,27-24-21-16-13-10-7-2)28-25-22-17-14-11-8-3/h6-29H2,1-5H3. The lowest BCUT2D eigenvalue weighted by molar-refractivity contribution is 0.104. The second-order valence-electron chi connectivity index (χ2n) is 10.7. The van der Waals surface area contributed by atoms with Crippen LogP contribution in [0.25, 0.3) is 0 Å². The smallest absolute Gasteiger partial charge is 0.0203 e. The SMILES string of the molecule is CCCCCCCCCCCC(CCCCCCCC)(CCCCCCCC)N(C)C. The molecular weight excluding hydrogens is 374 g/mol. The monoisotopic (exact) mass is 437 g/mol. The Morgan fingerprint density at radius 1 is 0.355 bits per heavy atom. The molecule has 1 heteroatoms. The lowest BCUT2D eigenvalue weighted by atomic mass is 9.80. The van der Waals surface area contributed by atoms with Crippen LogP contribution in [0.5, 0.6) is 0 Å². The van der Waals surface area contributed by atoms with Gasteiger partial charge in [-0.15, -0.1) is 0 Å². The molecule has 0 saturated heterocycles. The van der Waals surface area contributed by atoms with Crippen molar-refractivity contribution in [2.75, 3.05) is 14.1 Å². The Labute approximate surface area is 199 Å². The van der Waals surface area contributed by atoms with Gasteiger partial charge in [0.25, 0.3) is 0 Å². The highest BCUT2D eigenvalue weighted by Gasteiger charge is 2.30. The molecule has 0 N–H and O–H groups in total. The summed E-state index contributed by atoms with van der Waals surface area (Å²) < 4.78 is 0. The van der Waals surface area contributed by atoms with Gasteiger partial charge in [-0.2, -0.15) is 0 Å². The van der Waals surface area contributed by atoms with E-state index in [1.165, 1.54) is 154 Å². The Morgan fingerprint density at radius 2 is 0.581 bits per heavy atom. The summed E-state index contributed by atoms with van der Waals surface area (Å²) in [6, 6.07) is 0. The quantitative estimate of drug-likeness (QED) is 0.128. The van der Waals surface area contributed by atoms with E-state index in [9.17, 15) is 0 Å². The molecular formula is C30H63N.